The lowest BCUT2D eigenvalue weighted by molar-refractivity contribution is -0.396. The Hall–Kier alpha value is -3.08. The number of carboxylic acid groups (broad SMARTS) is 1. The molecule has 0 saturated heterocycles. The van der Waals surface area contributed by atoms with Gasteiger partial charge in [0, 0.05) is 23.5 Å². The maximum Gasteiger partial charge on any atom is 0.290 e. The molecule has 0 aliphatic rings. The summed E-state index contributed by atoms with van der Waals surface area (Å²) >= 11 is 0.625. The number of nitrogens with zero attached hydrogens (tertiary/aromatic N) is 4. The topological polar surface area (TPSA) is 152 Å². The summed E-state index contributed by atoms with van der Waals surface area (Å²) in [7, 11) is 0. The largest absolute Gasteiger partial charge is 0.545 e. The molecular formula is C12H7N4O6S-. The first-order valence-corrected chi connectivity index (χ1v) is 6.77. The van der Waals surface area contributed by atoms with Crippen LogP contribution >= 0.6 is 11.8 Å². The Labute approximate surface area is 132 Å². The Morgan fingerprint density at radius 2 is 1.91 bits per heavy atom. The molecule has 0 amide bonds. The Morgan fingerprint density at radius 1 is 1.22 bits per heavy atom. The molecule has 0 radical (unpaired) electrons. The Kier molecular flexibility index (Phi) is 4.50. The SMILES string of the molecule is Cc1ccnc(Sc2c(C(=O)[O-])cc([N+](=O)[O-])cc2[N+](=O)[O-])n1. The van der Waals surface area contributed by atoms with Crippen molar-refractivity contribution in [2.45, 2.75) is 17.0 Å². The first-order chi connectivity index (χ1) is 10.8. The lowest BCUT2D eigenvalue weighted by atomic mass is 10.1. The zero-order valence-electron chi connectivity index (χ0n) is 11.5. The van der Waals surface area contributed by atoms with E-state index in [1.165, 1.54) is 6.20 Å². The Morgan fingerprint density at radius 3 is 2.43 bits per heavy atom. The van der Waals surface area contributed by atoms with Crippen LogP contribution in [0.2, 0.25) is 0 Å². The van der Waals surface area contributed by atoms with E-state index in [1.54, 1.807) is 13.0 Å². The molecule has 0 atom stereocenters. The minimum Gasteiger partial charge on any atom is -0.545 e. The number of benzene rings is 1. The number of hydrogen-bond acceptors (Lipinski definition) is 9. The highest BCUT2D eigenvalue weighted by molar-refractivity contribution is 7.99. The highest BCUT2D eigenvalue weighted by atomic mass is 32.2. The van der Waals surface area contributed by atoms with Gasteiger partial charge in [-0.3, -0.25) is 20.2 Å². The predicted octanol–water partition coefficient (Wildman–Crippen LogP) is 1.12. The second kappa shape index (κ2) is 6.36. The van der Waals surface area contributed by atoms with Gasteiger partial charge in [0.25, 0.3) is 11.4 Å². The van der Waals surface area contributed by atoms with E-state index in [-0.39, 0.29) is 10.1 Å². The van der Waals surface area contributed by atoms with Crippen LogP contribution in [-0.4, -0.2) is 25.8 Å². The van der Waals surface area contributed by atoms with E-state index in [9.17, 15) is 30.1 Å². The number of non-ortho nitro benzene ring substituents is 1. The fourth-order valence-electron chi connectivity index (χ4n) is 1.66. The van der Waals surface area contributed by atoms with Gasteiger partial charge in [0.1, 0.15) is 4.90 Å². The van der Waals surface area contributed by atoms with Gasteiger partial charge in [-0.15, -0.1) is 0 Å². The summed E-state index contributed by atoms with van der Waals surface area (Å²) in [6, 6.07) is 2.99. The molecule has 0 N–H and O–H groups in total. The normalized spacial score (nSPS) is 10.3. The summed E-state index contributed by atoms with van der Waals surface area (Å²) in [5, 5.41) is 33.2. The quantitative estimate of drug-likeness (QED) is 0.444. The number of carbonyl (C=O) groups excluding carboxylic acids is 1. The van der Waals surface area contributed by atoms with Gasteiger partial charge in [-0.1, -0.05) is 0 Å². The molecule has 0 aliphatic carbocycles. The highest BCUT2D eigenvalue weighted by Crippen LogP contribution is 2.38. The van der Waals surface area contributed by atoms with Crippen LogP contribution in [0.1, 0.15) is 16.1 Å². The highest BCUT2D eigenvalue weighted by Gasteiger charge is 2.26. The third-order valence-electron chi connectivity index (χ3n) is 2.65. The first-order valence-electron chi connectivity index (χ1n) is 5.95. The molecule has 11 heteroatoms. The molecule has 23 heavy (non-hydrogen) atoms. The number of nitro benzene ring substituents is 2. The minimum atomic E-state index is -1.77. The third kappa shape index (κ3) is 3.58. The molecule has 2 rings (SSSR count). The van der Waals surface area contributed by atoms with E-state index in [1.807, 2.05) is 0 Å². The molecule has 0 unspecified atom stereocenters. The lowest BCUT2D eigenvalue weighted by Crippen LogP contribution is -2.23. The van der Waals surface area contributed by atoms with Gasteiger partial charge in [-0.25, -0.2) is 9.97 Å². The standard InChI is InChI=1S/C12H8N4O6S/c1-6-2-3-13-12(14-6)23-10-8(11(17)18)4-7(15(19)20)5-9(10)16(21)22/h2-5H,1H3,(H,17,18)/p-1. The van der Waals surface area contributed by atoms with Gasteiger partial charge in [-0.2, -0.15) is 0 Å². The second-order valence-electron chi connectivity index (χ2n) is 4.23. The number of nitro groups is 2. The van der Waals surface area contributed by atoms with Gasteiger partial charge in [0.2, 0.25) is 0 Å². The summed E-state index contributed by atoms with van der Waals surface area (Å²) < 4.78 is 0. The first kappa shape index (κ1) is 16.3. The molecule has 1 aromatic heterocycles. The van der Waals surface area contributed by atoms with E-state index in [4.69, 9.17) is 0 Å². The molecule has 1 aromatic carbocycles. The summed E-state index contributed by atoms with van der Waals surface area (Å²) in [6.07, 6.45) is 1.40. The molecule has 1 heterocycles. The Balaban J connectivity index is 2.66. The summed E-state index contributed by atoms with van der Waals surface area (Å²) in [4.78, 5) is 38.9. The zero-order chi connectivity index (χ0) is 17.1. The van der Waals surface area contributed by atoms with Crippen LogP contribution in [0.3, 0.4) is 0 Å². The average molecular weight is 335 g/mol. The van der Waals surface area contributed by atoms with E-state index in [2.05, 4.69) is 9.97 Å². The van der Waals surface area contributed by atoms with Crippen LogP contribution in [0.4, 0.5) is 11.4 Å². The molecular weight excluding hydrogens is 328 g/mol. The van der Waals surface area contributed by atoms with Crippen molar-refractivity contribution in [2.24, 2.45) is 0 Å². The molecule has 2 aromatic rings. The van der Waals surface area contributed by atoms with Crippen LogP contribution in [-0.2, 0) is 0 Å². The van der Waals surface area contributed by atoms with Crippen molar-refractivity contribution >= 4 is 29.1 Å². The number of hydrogen-bond donors (Lipinski definition) is 0. The predicted molar refractivity (Wildman–Crippen MR) is 75.0 cm³/mol. The Bertz CT molecular complexity index is 790. The zero-order valence-corrected chi connectivity index (χ0v) is 12.3. The number of aromatic carboxylic acids is 1. The summed E-state index contributed by atoms with van der Waals surface area (Å²) in [5.74, 6) is -1.77. The third-order valence-corrected chi connectivity index (χ3v) is 3.66. The monoisotopic (exact) mass is 335 g/mol. The molecule has 0 aliphatic heterocycles. The van der Waals surface area contributed by atoms with Crippen LogP contribution in [0, 0.1) is 27.2 Å². The summed E-state index contributed by atoms with van der Waals surface area (Å²) in [6.45, 7) is 1.66. The van der Waals surface area contributed by atoms with Crippen molar-refractivity contribution in [3.05, 3.63) is 55.9 Å². The molecule has 10 nitrogen and oxygen atoms in total. The number of carbonyl (C=O) groups is 1. The minimum absolute atomic E-state index is 0.0736. The van der Waals surface area contributed by atoms with Gasteiger partial charge in [0.15, 0.2) is 5.16 Å². The fourth-order valence-corrected chi connectivity index (χ4v) is 2.64. The molecule has 0 saturated carbocycles. The summed E-state index contributed by atoms with van der Waals surface area (Å²) in [5.41, 5.74) is -1.54. The van der Waals surface area contributed by atoms with Crippen molar-refractivity contribution in [3.8, 4) is 0 Å². The van der Waals surface area contributed by atoms with Gasteiger partial charge in [0.05, 0.1) is 21.9 Å². The van der Waals surface area contributed by atoms with Crippen molar-refractivity contribution < 1.29 is 19.7 Å². The van der Waals surface area contributed by atoms with E-state index in [0.29, 0.717) is 29.6 Å². The van der Waals surface area contributed by atoms with Crippen LogP contribution < -0.4 is 5.11 Å². The fraction of sp³-hybridized carbons (Fsp3) is 0.0833. The van der Waals surface area contributed by atoms with E-state index < -0.39 is 32.8 Å². The van der Waals surface area contributed by atoms with Gasteiger partial charge in [-0.05, 0) is 24.8 Å². The van der Waals surface area contributed by atoms with Crippen LogP contribution in [0.15, 0.2) is 34.4 Å². The van der Waals surface area contributed by atoms with Crippen LogP contribution in [0.5, 0.6) is 0 Å². The molecule has 0 bridgehead atoms. The van der Waals surface area contributed by atoms with Crippen molar-refractivity contribution in [1.29, 1.82) is 0 Å². The van der Waals surface area contributed by atoms with E-state index >= 15 is 0 Å². The second-order valence-corrected chi connectivity index (χ2v) is 5.20. The number of rotatable bonds is 5. The van der Waals surface area contributed by atoms with Crippen molar-refractivity contribution in [3.63, 3.8) is 0 Å². The molecule has 0 fully saturated rings. The van der Waals surface area contributed by atoms with Crippen molar-refractivity contribution in [1.82, 2.24) is 9.97 Å². The maximum absolute atomic E-state index is 11.2. The van der Waals surface area contributed by atoms with E-state index in [0.717, 1.165) is 0 Å². The number of carboxylic acids is 1. The number of aryl methyl sites for hydroxylation is 1. The maximum atomic E-state index is 11.2. The number of aromatic nitrogens is 2. The smallest absolute Gasteiger partial charge is 0.290 e. The van der Waals surface area contributed by atoms with Crippen molar-refractivity contribution in [2.75, 3.05) is 0 Å². The molecule has 0 spiro atoms. The average Bonchev–Trinajstić information content (AvgIpc) is 2.46. The molecule has 118 valence electrons. The lowest BCUT2D eigenvalue weighted by Gasteiger charge is -2.10. The van der Waals surface area contributed by atoms with Crippen LogP contribution in [0.25, 0.3) is 0 Å². The van der Waals surface area contributed by atoms with Gasteiger partial charge >= 0.3 is 0 Å². The van der Waals surface area contributed by atoms with Gasteiger partial charge < -0.3 is 9.90 Å².